The lowest BCUT2D eigenvalue weighted by Crippen LogP contribution is -2.54. The number of carbonyl (C=O) groups excluding carboxylic acids is 3. The Morgan fingerprint density at radius 3 is 2.48 bits per heavy atom. The van der Waals surface area contributed by atoms with Crippen molar-refractivity contribution < 1.29 is 19.1 Å². The van der Waals surface area contributed by atoms with Gasteiger partial charge in [0.1, 0.15) is 17.3 Å². The van der Waals surface area contributed by atoms with Gasteiger partial charge >= 0.3 is 6.03 Å². The third-order valence-electron chi connectivity index (χ3n) is 8.92. The summed E-state index contributed by atoms with van der Waals surface area (Å²) in [5.74, 6) is 0.434. The summed E-state index contributed by atoms with van der Waals surface area (Å²) in [4.78, 5) is 45.6. The summed E-state index contributed by atoms with van der Waals surface area (Å²) in [6, 6.07) is 10.9. The summed E-state index contributed by atoms with van der Waals surface area (Å²) >= 11 is 6.24. The minimum atomic E-state index is -0.960. The van der Waals surface area contributed by atoms with Gasteiger partial charge in [-0.25, -0.2) is 4.79 Å². The Kier molecular flexibility index (Phi) is 7.12. The number of aryl methyl sites for hydroxylation is 1. The Bertz CT molecular complexity index is 1340. The van der Waals surface area contributed by atoms with Crippen LogP contribution in [0.2, 0.25) is 5.02 Å². The molecule has 2 aromatic rings. The first-order valence-corrected chi connectivity index (χ1v) is 14.5. The largest absolute Gasteiger partial charge is 0.490 e. The number of piperazine rings is 1. The molecule has 0 unspecified atom stereocenters. The molecule has 1 spiro atoms. The number of likely N-dealkylation sites (tertiary alicyclic amines) is 1. The molecule has 0 bridgehead atoms. The van der Waals surface area contributed by atoms with Crippen LogP contribution in [0.4, 0.5) is 10.5 Å². The number of ether oxygens (including phenoxy) is 1. The van der Waals surface area contributed by atoms with Crippen molar-refractivity contribution >= 4 is 35.1 Å². The van der Waals surface area contributed by atoms with E-state index in [9.17, 15) is 14.4 Å². The molecule has 2 N–H and O–H groups in total. The van der Waals surface area contributed by atoms with Gasteiger partial charge in [-0.3, -0.25) is 9.59 Å². The number of urea groups is 1. The predicted octanol–water partition coefficient (Wildman–Crippen LogP) is 3.70. The van der Waals surface area contributed by atoms with Crippen LogP contribution in [-0.4, -0.2) is 85.0 Å². The number of anilines is 1. The number of benzene rings is 2. The van der Waals surface area contributed by atoms with Crippen molar-refractivity contribution in [2.75, 3.05) is 51.6 Å². The van der Waals surface area contributed by atoms with E-state index in [1.54, 1.807) is 12.1 Å². The Hall–Kier alpha value is -3.30. The summed E-state index contributed by atoms with van der Waals surface area (Å²) < 4.78 is 6.60. The molecular formula is C30H36ClN5O4. The molecule has 2 aromatic carbocycles. The van der Waals surface area contributed by atoms with E-state index in [4.69, 9.17) is 16.3 Å². The van der Waals surface area contributed by atoms with Crippen LogP contribution < -0.4 is 15.4 Å². The number of halogens is 1. The lowest BCUT2D eigenvalue weighted by Gasteiger charge is -2.41. The van der Waals surface area contributed by atoms with Crippen LogP contribution in [0.15, 0.2) is 36.4 Å². The Labute approximate surface area is 239 Å². The molecule has 2 atom stereocenters. The standard InChI is InChI=1S/C30H36ClN5O4/c1-19-3-6-25(40-21-8-11-35(12-9-21)29(39)36-15-13-34(2)14-16-36)22(17-19)27-30(10-7-26(37)33-27)23-5-4-20(31)18-24(23)32-28(30)38/h3-6,17-18,21,27H,7-16H2,1-2H3,(H,32,38)(H,33,37)/t27-,30-/m1/s1. The molecule has 0 aromatic heterocycles. The van der Waals surface area contributed by atoms with E-state index in [0.29, 0.717) is 36.0 Å². The van der Waals surface area contributed by atoms with Crippen molar-refractivity contribution in [1.82, 2.24) is 20.0 Å². The van der Waals surface area contributed by atoms with E-state index in [2.05, 4.69) is 22.6 Å². The second-order valence-corrected chi connectivity index (χ2v) is 12.0. The third-order valence-corrected chi connectivity index (χ3v) is 9.15. The highest BCUT2D eigenvalue weighted by Gasteiger charge is 2.56. The van der Waals surface area contributed by atoms with Crippen LogP contribution in [0.1, 0.15) is 48.4 Å². The number of nitrogens with zero attached hydrogens (tertiary/aromatic N) is 3. The fraction of sp³-hybridized carbons (Fsp3) is 0.500. The van der Waals surface area contributed by atoms with E-state index < -0.39 is 11.5 Å². The average molecular weight is 566 g/mol. The fourth-order valence-corrected chi connectivity index (χ4v) is 6.77. The second-order valence-electron chi connectivity index (χ2n) is 11.5. The van der Waals surface area contributed by atoms with Gasteiger partial charge in [0.25, 0.3) is 0 Å². The molecule has 40 heavy (non-hydrogen) atoms. The summed E-state index contributed by atoms with van der Waals surface area (Å²) in [6.07, 6.45) is 2.02. The zero-order valence-corrected chi connectivity index (χ0v) is 23.8. The van der Waals surface area contributed by atoms with Crippen LogP contribution in [-0.2, 0) is 15.0 Å². The van der Waals surface area contributed by atoms with Crippen LogP contribution in [0, 0.1) is 6.92 Å². The van der Waals surface area contributed by atoms with Gasteiger partial charge in [0.05, 0.1) is 6.04 Å². The van der Waals surface area contributed by atoms with Crippen molar-refractivity contribution in [3.05, 3.63) is 58.1 Å². The molecule has 212 valence electrons. The van der Waals surface area contributed by atoms with Gasteiger partial charge in [-0.15, -0.1) is 0 Å². The molecule has 4 aliphatic heterocycles. The highest BCUT2D eigenvalue weighted by atomic mass is 35.5. The van der Waals surface area contributed by atoms with E-state index in [1.807, 2.05) is 41.0 Å². The van der Waals surface area contributed by atoms with Crippen molar-refractivity contribution in [2.45, 2.75) is 50.2 Å². The van der Waals surface area contributed by atoms with Gasteiger partial charge in [-0.05, 0) is 44.2 Å². The van der Waals surface area contributed by atoms with Gasteiger partial charge in [-0.1, -0.05) is 35.4 Å². The molecule has 9 nitrogen and oxygen atoms in total. The number of rotatable bonds is 3. The number of hydrogen-bond donors (Lipinski definition) is 2. The van der Waals surface area contributed by atoms with Crippen molar-refractivity contribution in [1.29, 1.82) is 0 Å². The van der Waals surface area contributed by atoms with E-state index >= 15 is 0 Å². The number of piperidine rings is 2. The molecule has 0 radical (unpaired) electrons. The normalized spacial score (nSPS) is 25.5. The molecular weight excluding hydrogens is 530 g/mol. The van der Waals surface area contributed by atoms with Crippen molar-refractivity contribution in [2.24, 2.45) is 0 Å². The Morgan fingerprint density at radius 1 is 1.00 bits per heavy atom. The van der Waals surface area contributed by atoms with Crippen LogP contribution in [0.25, 0.3) is 0 Å². The van der Waals surface area contributed by atoms with E-state index in [0.717, 1.165) is 55.7 Å². The van der Waals surface area contributed by atoms with Crippen LogP contribution >= 0.6 is 11.6 Å². The van der Waals surface area contributed by atoms with E-state index in [-0.39, 0.29) is 30.4 Å². The minimum absolute atomic E-state index is 0.0725. The molecule has 4 heterocycles. The lowest BCUT2D eigenvalue weighted by molar-refractivity contribution is -0.130. The van der Waals surface area contributed by atoms with Crippen LogP contribution in [0.3, 0.4) is 0 Å². The summed E-state index contributed by atoms with van der Waals surface area (Å²) in [6.45, 7) is 6.59. The first-order valence-electron chi connectivity index (χ1n) is 14.1. The maximum atomic E-state index is 13.7. The number of nitrogens with one attached hydrogen (secondary N) is 2. The number of fused-ring (bicyclic) bond motifs is 2. The third kappa shape index (κ3) is 4.79. The maximum absolute atomic E-state index is 13.7. The average Bonchev–Trinajstić information content (AvgIpc) is 3.21. The number of likely N-dealkylation sites (N-methyl/N-ethyl adjacent to an activating group) is 1. The number of carbonyl (C=O) groups is 3. The number of amides is 4. The molecule has 4 amide bonds. The Morgan fingerprint density at radius 2 is 1.73 bits per heavy atom. The summed E-state index contributed by atoms with van der Waals surface area (Å²) in [7, 11) is 2.08. The van der Waals surface area contributed by atoms with Gasteiger partial charge in [0.15, 0.2) is 0 Å². The molecule has 10 heteroatoms. The van der Waals surface area contributed by atoms with Gasteiger partial charge in [0, 0.05) is 74.8 Å². The first kappa shape index (κ1) is 26.9. The molecule has 4 aliphatic rings. The van der Waals surface area contributed by atoms with Gasteiger partial charge in [0.2, 0.25) is 11.8 Å². The zero-order chi connectivity index (χ0) is 28.0. The molecule has 3 fully saturated rings. The van der Waals surface area contributed by atoms with Gasteiger partial charge in [-0.2, -0.15) is 0 Å². The quantitative estimate of drug-likeness (QED) is 0.592. The van der Waals surface area contributed by atoms with Gasteiger partial charge < -0.3 is 30.1 Å². The lowest BCUT2D eigenvalue weighted by atomic mass is 9.67. The topological polar surface area (TPSA) is 94.2 Å². The smallest absolute Gasteiger partial charge is 0.320 e. The first-order chi connectivity index (χ1) is 19.2. The highest BCUT2D eigenvalue weighted by molar-refractivity contribution is 6.31. The summed E-state index contributed by atoms with van der Waals surface area (Å²) in [5.41, 5.74) is 2.38. The monoisotopic (exact) mass is 565 g/mol. The Balaban J connectivity index is 1.23. The SMILES string of the molecule is Cc1ccc(OC2CCN(C(=O)N3CCN(C)CC3)CC2)c([C@H]2NC(=O)CC[C@]23C(=O)Nc2cc(Cl)ccc23)c1. The summed E-state index contributed by atoms with van der Waals surface area (Å²) in [5, 5.41) is 6.70. The minimum Gasteiger partial charge on any atom is -0.490 e. The number of hydrogen-bond acceptors (Lipinski definition) is 5. The predicted molar refractivity (Wildman–Crippen MR) is 153 cm³/mol. The zero-order valence-electron chi connectivity index (χ0n) is 23.0. The highest BCUT2D eigenvalue weighted by Crippen LogP contribution is 2.52. The van der Waals surface area contributed by atoms with Crippen molar-refractivity contribution in [3.8, 4) is 5.75 Å². The molecule has 6 rings (SSSR count). The molecule has 0 aliphatic carbocycles. The molecule has 3 saturated heterocycles. The molecule has 0 saturated carbocycles. The second kappa shape index (κ2) is 10.6. The van der Waals surface area contributed by atoms with Crippen molar-refractivity contribution in [3.63, 3.8) is 0 Å². The van der Waals surface area contributed by atoms with Crippen LogP contribution in [0.5, 0.6) is 5.75 Å². The fourth-order valence-electron chi connectivity index (χ4n) is 6.60. The maximum Gasteiger partial charge on any atom is 0.320 e. The van der Waals surface area contributed by atoms with E-state index in [1.165, 1.54) is 0 Å².